The molecule has 0 aromatic heterocycles. The lowest BCUT2D eigenvalue weighted by molar-refractivity contribution is 0.164. The van der Waals surface area contributed by atoms with Gasteiger partial charge in [-0.2, -0.15) is 0 Å². The Balaban J connectivity index is 1.66. The Hall–Kier alpha value is -0.120. The van der Waals surface area contributed by atoms with Gasteiger partial charge in [0.2, 0.25) is 0 Å². The molecule has 3 heteroatoms. The van der Waals surface area contributed by atoms with Crippen molar-refractivity contribution in [2.24, 2.45) is 11.8 Å². The van der Waals surface area contributed by atoms with E-state index in [1.165, 1.54) is 58.5 Å². The zero-order valence-corrected chi connectivity index (χ0v) is 12.5. The molecule has 18 heavy (non-hydrogen) atoms. The largest absolute Gasteiger partial charge is 0.314 e. The van der Waals surface area contributed by atoms with Crippen LogP contribution in [0, 0.1) is 11.8 Å². The molecule has 0 spiro atoms. The predicted octanol–water partition coefficient (Wildman–Crippen LogP) is 1.65. The molecule has 0 saturated carbocycles. The highest BCUT2D eigenvalue weighted by Crippen LogP contribution is 2.21. The summed E-state index contributed by atoms with van der Waals surface area (Å²) < 4.78 is 0. The van der Waals surface area contributed by atoms with E-state index in [4.69, 9.17) is 0 Å². The quantitative estimate of drug-likeness (QED) is 0.804. The summed E-state index contributed by atoms with van der Waals surface area (Å²) >= 11 is 0. The highest BCUT2D eigenvalue weighted by Gasteiger charge is 2.26. The maximum Gasteiger partial charge on any atom is 0.00224 e. The van der Waals surface area contributed by atoms with Gasteiger partial charge >= 0.3 is 0 Å². The number of hydrogen-bond donors (Lipinski definition) is 1. The molecule has 0 amide bonds. The number of likely N-dealkylation sites (tertiary alicyclic amines) is 2. The van der Waals surface area contributed by atoms with E-state index in [9.17, 15) is 0 Å². The third-order valence-corrected chi connectivity index (χ3v) is 4.42. The molecule has 2 heterocycles. The van der Waals surface area contributed by atoms with Crippen molar-refractivity contribution in [3.05, 3.63) is 0 Å². The van der Waals surface area contributed by atoms with Crippen molar-refractivity contribution in [1.29, 1.82) is 0 Å². The molecule has 106 valence electrons. The van der Waals surface area contributed by atoms with Gasteiger partial charge in [-0.1, -0.05) is 13.8 Å². The molecule has 2 rings (SSSR count). The van der Waals surface area contributed by atoms with Crippen LogP contribution in [0.5, 0.6) is 0 Å². The van der Waals surface area contributed by atoms with E-state index in [0.29, 0.717) is 6.04 Å². The van der Waals surface area contributed by atoms with Gasteiger partial charge in [0.25, 0.3) is 0 Å². The lowest BCUT2D eigenvalue weighted by atomic mass is 9.98. The van der Waals surface area contributed by atoms with Crippen LogP contribution < -0.4 is 5.32 Å². The van der Waals surface area contributed by atoms with Gasteiger partial charge in [0.1, 0.15) is 0 Å². The van der Waals surface area contributed by atoms with Gasteiger partial charge in [0, 0.05) is 25.7 Å². The Bertz CT molecular complexity index is 242. The van der Waals surface area contributed by atoms with Gasteiger partial charge in [-0.05, 0) is 57.8 Å². The lowest BCUT2D eigenvalue weighted by Gasteiger charge is -2.32. The molecule has 0 bridgehead atoms. The van der Waals surface area contributed by atoms with Crippen molar-refractivity contribution in [3.8, 4) is 0 Å². The smallest absolute Gasteiger partial charge is 0.00224 e. The topological polar surface area (TPSA) is 18.5 Å². The van der Waals surface area contributed by atoms with Crippen LogP contribution in [0.1, 0.15) is 33.1 Å². The van der Waals surface area contributed by atoms with Gasteiger partial charge in [-0.25, -0.2) is 0 Å². The van der Waals surface area contributed by atoms with Gasteiger partial charge in [0.05, 0.1) is 0 Å². The summed E-state index contributed by atoms with van der Waals surface area (Å²) in [4.78, 5) is 5.21. The SMILES string of the molecule is CC(C)NCC1CCN(CC2CCCN(C)C2)C1. The Labute approximate surface area is 113 Å². The Kier molecular flexibility index (Phi) is 5.46. The second-order valence-electron chi connectivity index (χ2n) is 6.75. The van der Waals surface area contributed by atoms with Gasteiger partial charge in [-0.3, -0.25) is 0 Å². The number of nitrogens with one attached hydrogen (secondary N) is 1. The number of piperidine rings is 1. The first-order valence-corrected chi connectivity index (χ1v) is 7.77. The fraction of sp³-hybridized carbons (Fsp3) is 1.00. The van der Waals surface area contributed by atoms with Crippen molar-refractivity contribution in [3.63, 3.8) is 0 Å². The molecule has 0 aromatic rings. The molecule has 0 aliphatic carbocycles. The molecule has 2 atom stereocenters. The van der Waals surface area contributed by atoms with Crippen LogP contribution in [0.3, 0.4) is 0 Å². The average molecular weight is 253 g/mol. The van der Waals surface area contributed by atoms with Gasteiger partial charge in [0.15, 0.2) is 0 Å². The first-order chi connectivity index (χ1) is 8.63. The summed E-state index contributed by atoms with van der Waals surface area (Å²) in [5, 5.41) is 3.58. The maximum absolute atomic E-state index is 3.58. The lowest BCUT2D eigenvalue weighted by Crippen LogP contribution is -2.39. The summed E-state index contributed by atoms with van der Waals surface area (Å²) in [7, 11) is 2.27. The van der Waals surface area contributed by atoms with Crippen molar-refractivity contribution < 1.29 is 0 Å². The van der Waals surface area contributed by atoms with Crippen LogP contribution in [-0.4, -0.2) is 62.2 Å². The molecule has 1 N–H and O–H groups in total. The van der Waals surface area contributed by atoms with Crippen molar-refractivity contribution in [2.75, 3.05) is 46.3 Å². The van der Waals surface area contributed by atoms with E-state index >= 15 is 0 Å². The van der Waals surface area contributed by atoms with Crippen molar-refractivity contribution in [2.45, 2.75) is 39.2 Å². The molecule has 2 aliphatic heterocycles. The second-order valence-corrected chi connectivity index (χ2v) is 6.75. The first kappa shape index (κ1) is 14.3. The minimum atomic E-state index is 0.631. The normalized spacial score (nSPS) is 31.3. The zero-order chi connectivity index (χ0) is 13.0. The van der Waals surface area contributed by atoms with E-state index in [1.807, 2.05) is 0 Å². The van der Waals surface area contributed by atoms with E-state index in [-0.39, 0.29) is 0 Å². The summed E-state index contributed by atoms with van der Waals surface area (Å²) in [5.74, 6) is 1.80. The molecule has 2 aliphatic rings. The molecule has 2 unspecified atom stereocenters. The Morgan fingerprint density at radius 2 is 1.94 bits per heavy atom. The van der Waals surface area contributed by atoms with Gasteiger partial charge in [-0.15, -0.1) is 0 Å². The molecule has 3 nitrogen and oxygen atoms in total. The summed E-state index contributed by atoms with van der Waals surface area (Å²) in [6.07, 6.45) is 4.23. The Morgan fingerprint density at radius 3 is 2.67 bits per heavy atom. The summed E-state index contributed by atoms with van der Waals surface area (Å²) in [6, 6.07) is 0.631. The minimum Gasteiger partial charge on any atom is -0.314 e. The fourth-order valence-electron chi connectivity index (χ4n) is 3.44. The molecule has 2 fully saturated rings. The van der Waals surface area contributed by atoms with Crippen LogP contribution in [0.25, 0.3) is 0 Å². The maximum atomic E-state index is 3.58. The molecular formula is C15H31N3. The number of nitrogens with zero attached hydrogens (tertiary/aromatic N) is 2. The van der Waals surface area contributed by atoms with E-state index in [1.54, 1.807) is 0 Å². The predicted molar refractivity (Wildman–Crippen MR) is 77.9 cm³/mol. The van der Waals surface area contributed by atoms with Crippen molar-refractivity contribution >= 4 is 0 Å². The monoisotopic (exact) mass is 253 g/mol. The third kappa shape index (κ3) is 4.52. The van der Waals surface area contributed by atoms with E-state index in [2.05, 4.69) is 36.0 Å². The number of rotatable bonds is 5. The fourth-order valence-corrected chi connectivity index (χ4v) is 3.44. The van der Waals surface area contributed by atoms with Crippen molar-refractivity contribution in [1.82, 2.24) is 15.1 Å². The molecule has 0 radical (unpaired) electrons. The zero-order valence-electron chi connectivity index (χ0n) is 12.5. The Morgan fingerprint density at radius 1 is 1.11 bits per heavy atom. The van der Waals surface area contributed by atoms with Crippen LogP contribution in [0.2, 0.25) is 0 Å². The standard InChI is InChI=1S/C15H31N3/c1-13(2)16-9-14-6-8-18(11-14)12-15-5-4-7-17(3)10-15/h13-16H,4-12H2,1-3H3. The second kappa shape index (κ2) is 6.88. The highest BCUT2D eigenvalue weighted by atomic mass is 15.2. The molecule has 0 aromatic carbocycles. The molecular weight excluding hydrogens is 222 g/mol. The van der Waals surface area contributed by atoms with Crippen LogP contribution >= 0.6 is 0 Å². The van der Waals surface area contributed by atoms with Crippen LogP contribution in [-0.2, 0) is 0 Å². The van der Waals surface area contributed by atoms with Gasteiger partial charge < -0.3 is 15.1 Å². The summed E-state index contributed by atoms with van der Waals surface area (Å²) in [6.45, 7) is 12.3. The average Bonchev–Trinajstić information content (AvgIpc) is 2.74. The number of hydrogen-bond acceptors (Lipinski definition) is 3. The van der Waals surface area contributed by atoms with E-state index < -0.39 is 0 Å². The van der Waals surface area contributed by atoms with Crippen LogP contribution in [0.4, 0.5) is 0 Å². The van der Waals surface area contributed by atoms with E-state index in [0.717, 1.165) is 11.8 Å². The third-order valence-electron chi connectivity index (χ3n) is 4.42. The highest BCUT2D eigenvalue weighted by molar-refractivity contribution is 4.81. The summed E-state index contributed by atoms with van der Waals surface area (Å²) in [5.41, 5.74) is 0. The minimum absolute atomic E-state index is 0.631. The first-order valence-electron chi connectivity index (χ1n) is 7.77. The molecule has 2 saturated heterocycles. The van der Waals surface area contributed by atoms with Crippen LogP contribution in [0.15, 0.2) is 0 Å².